The van der Waals surface area contributed by atoms with Gasteiger partial charge in [0.2, 0.25) is 0 Å². The number of thioether (sulfide) groups is 1. The topological polar surface area (TPSA) is 61.4 Å². The van der Waals surface area contributed by atoms with E-state index in [0.29, 0.717) is 11.7 Å². The molecule has 0 radical (unpaired) electrons. The molecule has 1 rings (SSSR count). The molecule has 21 heavy (non-hydrogen) atoms. The highest BCUT2D eigenvalue weighted by molar-refractivity contribution is 7.99. The minimum atomic E-state index is -0.588. The SMILES string of the molecule is CCC(C)(CO)NC(=O)Nc1cccc(CSC(C)C)c1. The minimum Gasteiger partial charge on any atom is -0.394 e. The van der Waals surface area contributed by atoms with E-state index < -0.39 is 5.54 Å². The van der Waals surface area contributed by atoms with Crippen molar-refractivity contribution in [3.63, 3.8) is 0 Å². The molecule has 1 atom stereocenters. The molecule has 0 spiro atoms. The number of hydrogen-bond acceptors (Lipinski definition) is 3. The number of carbonyl (C=O) groups is 1. The first kappa shape index (κ1) is 17.9. The maximum Gasteiger partial charge on any atom is 0.319 e. The van der Waals surface area contributed by atoms with E-state index in [9.17, 15) is 9.90 Å². The highest BCUT2D eigenvalue weighted by Gasteiger charge is 2.23. The number of nitrogens with one attached hydrogen (secondary N) is 2. The summed E-state index contributed by atoms with van der Waals surface area (Å²) in [6.45, 7) is 8.01. The van der Waals surface area contributed by atoms with Gasteiger partial charge >= 0.3 is 6.03 Å². The van der Waals surface area contributed by atoms with Crippen LogP contribution in [-0.4, -0.2) is 28.5 Å². The van der Waals surface area contributed by atoms with Crippen LogP contribution in [0, 0.1) is 0 Å². The largest absolute Gasteiger partial charge is 0.394 e. The molecule has 0 bridgehead atoms. The highest BCUT2D eigenvalue weighted by atomic mass is 32.2. The fourth-order valence-corrected chi connectivity index (χ4v) is 2.38. The van der Waals surface area contributed by atoms with Gasteiger partial charge in [0.1, 0.15) is 0 Å². The Hall–Kier alpha value is -1.20. The molecule has 1 aromatic rings. The van der Waals surface area contributed by atoms with Crippen LogP contribution >= 0.6 is 11.8 Å². The van der Waals surface area contributed by atoms with Gasteiger partial charge < -0.3 is 15.7 Å². The predicted molar refractivity (Wildman–Crippen MR) is 90.8 cm³/mol. The molecule has 0 saturated carbocycles. The lowest BCUT2D eigenvalue weighted by molar-refractivity contribution is 0.172. The predicted octanol–water partition coefficient (Wildman–Crippen LogP) is 3.61. The molecule has 0 aromatic heterocycles. The van der Waals surface area contributed by atoms with Gasteiger partial charge in [0.25, 0.3) is 0 Å². The molecule has 5 heteroatoms. The zero-order chi connectivity index (χ0) is 15.9. The zero-order valence-electron chi connectivity index (χ0n) is 13.3. The van der Waals surface area contributed by atoms with Gasteiger partial charge in [-0.1, -0.05) is 32.9 Å². The zero-order valence-corrected chi connectivity index (χ0v) is 14.1. The summed E-state index contributed by atoms with van der Waals surface area (Å²) in [7, 11) is 0. The molecule has 0 saturated heterocycles. The number of benzene rings is 1. The Bertz CT molecular complexity index is 459. The summed E-state index contributed by atoms with van der Waals surface area (Å²) in [4.78, 5) is 12.0. The van der Waals surface area contributed by atoms with Gasteiger partial charge in [-0.05, 0) is 36.3 Å². The third-order valence-corrected chi connectivity index (χ3v) is 4.48. The fraction of sp³-hybridized carbons (Fsp3) is 0.562. The Kier molecular flexibility index (Phi) is 7.05. The normalized spacial score (nSPS) is 13.8. The van der Waals surface area contributed by atoms with Crippen LogP contribution < -0.4 is 10.6 Å². The fourth-order valence-electron chi connectivity index (χ4n) is 1.68. The molecule has 118 valence electrons. The van der Waals surface area contributed by atoms with Crippen molar-refractivity contribution in [1.82, 2.24) is 5.32 Å². The number of aliphatic hydroxyl groups is 1. The molecule has 0 fully saturated rings. The molecular weight excluding hydrogens is 284 g/mol. The minimum absolute atomic E-state index is 0.0814. The van der Waals surface area contributed by atoms with Crippen molar-refractivity contribution in [2.75, 3.05) is 11.9 Å². The second-order valence-electron chi connectivity index (χ2n) is 5.71. The molecule has 1 aromatic carbocycles. The average Bonchev–Trinajstić information content (AvgIpc) is 2.45. The van der Waals surface area contributed by atoms with Gasteiger partial charge in [-0.25, -0.2) is 4.79 Å². The summed E-state index contributed by atoms with van der Waals surface area (Å²) in [6.07, 6.45) is 0.669. The Balaban J connectivity index is 2.62. The van der Waals surface area contributed by atoms with Crippen molar-refractivity contribution in [1.29, 1.82) is 0 Å². The number of anilines is 1. The van der Waals surface area contributed by atoms with Gasteiger partial charge in [-0.3, -0.25) is 0 Å². The van der Waals surface area contributed by atoms with Gasteiger partial charge in [-0.2, -0.15) is 11.8 Å². The molecule has 1 unspecified atom stereocenters. The summed E-state index contributed by atoms with van der Waals surface area (Å²) in [5.74, 6) is 0.929. The van der Waals surface area contributed by atoms with Crippen LogP contribution in [0.1, 0.15) is 39.7 Å². The van der Waals surface area contributed by atoms with Crippen LogP contribution in [0.5, 0.6) is 0 Å². The Morgan fingerprint density at radius 1 is 1.43 bits per heavy atom. The number of amides is 2. The summed E-state index contributed by atoms with van der Waals surface area (Å²) in [6, 6.07) is 7.56. The molecule has 3 N–H and O–H groups in total. The Morgan fingerprint density at radius 2 is 2.14 bits per heavy atom. The Morgan fingerprint density at radius 3 is 2.71 bits per heavy atom. The van der Waals surface area contributed by atoms with Crippen LogP contribution in [0.4, 0.5) is 10.5 Å². The lowest BCUT2D eigenvalue weighted by Crippen LogP contribution is -2.50. The van der Waals surface area contributed by atoms with E-state index in [1.54, 1.807) is 0 Å². The van der Waals surface area contributed by atoms with E-state index >= 15 is 0 Å². The van der Waals surface area contributed by atoms with Crippen molar-refractivity contribution in [2.24, 2.45) is 0 Å². The quantitative estimate of drug-likeness (QED) is 0.721. The van der Waals surface area contributed by atoms with Crippen molar-refractivity contribution in [2.45, 2.75) is 50.7 Å². The molecular formula is C16H26N2O2S. The summed E-state index contributed by atoms with van der Waals surface area (Å²) in [5, 5.41) is 15.5. The van der Waals surface area contributed by atoms with Gasteiger partial charge in [0.05, 0.1) is 12.1 Å². The molecule has 4 nitrogen and oxygen atoms in total. The first-order chi connectivity index (χ1) is 9.88. The standard InChI is InChI=1S/C16H26N2O2S/c1-5-16(4,11-19)18-15(20)17-14-8-6-7-13(9-14)10-21-12(2)3/h6-9,12,19H,5,10-11H2,1-4H3,(H2,17,18,20). The van der Waals surface area contributed by atoms with Gasteiger partial charge in [-0.15, -0.1) is 0 Å². The maximum absolute atomic E-state index is 12.0. The molecule has 0 aliphatic rings. The smallest absolute Gasteiger partial charge is 0.319 e. The van der Waals surface area contributed by atoms with E-state index in [1.165, 1.54) is 5.56 Å². The van der Waals surface area contributed by atoms with Crippen LogP contribution in [0.25, 0.3) is 0 Å². The molecule has 2 amide bonds. The maximum atomic E-state index is 12.0. The molecule has 0 heterocycles. The number of hydrogen-bond donors (Lipinski definition) is 3. The average molecular weight is 310 g/mol. The monoisotopic (exact) mass is 310 g/mol. The summed E-state index contributed by atoms with van der Waals surface area (Å²) >= 11 is 1.87. The third kappa shape index (κ3) is 6.40. The van der Waals surface area contributed by atoms with E-state index in [1.807, 2.05) is 43.8 Å². The Labute approximate surface area is 131 Å². The first-order valence-corrected chi connectivity index (χ1v) is 8.34. The van der Waals surface area contributed by atoms with Crippen LogP contribution in [0.3, 0.4) is 0 Å². The van der Waals surface area contributed by atoms with E-state index in [0.717, 1.165) is 11.4 Å². The summed E-state index contributed by atoms with van der Waals surface area (Å²) in [5.41, 5.74) is 1.37. The van der Waals surface area contributed by atoms with Crippen molar-refractivity contribution < 1.29 is 9.90 Å². The van der Waals surface area contributed by atoms with Gasteiger partial charge in [0.15, 0.2) is 0 Å². The first-order valence-electron chi connectivity index (χ1n) is 7.29. The van der Waals surface area contributed by atoms with E-state index in [2.05, 4.69) is 30.5 Å². The highest BCUT2D eigenvalue weighted by Crippen LogP contribution is 2.19. The van der Waals surface area contributed by atoms with Crippen molar-refractivity contribution in [3.05, 3.63) is 29.8 Å². The van der Waals surface area contributed by atoms with Crippen molar-refractivity contribution >= 4 is 23.5 Å². The summed E-state index contributed by atoms with van der Waals surface area (Å²) < 4.78 is 0. The van der Waals surface area contributed by atoms with Crippen LogP contribution in [0.2, 0.25) is 0 Å². The number of urea groups is 1. The van der Waals surface area contributed by atoms with Gasteiger partial charge in [0, 0.05) is 11.4 Å². The van der Waals surface area contributed by atoms with E-state index in [-0.39, 0.29) is 12.6 Å². The lowest BCUT2D eigenvalue weighted by atomic mass is 10.0. The number of rotatable bonds is 7. The number of carbonyl (C=O) groups excluding carboxylic acids is 1. The molecule has 0 aliphatic carbocycles. The second kappa shape index (κ2) is 8.29. The van der Waals surface area contributed by atoms with Crippen LogP contribution in [0.15, 0.2) is 24.3 Å². The van der Waals surface area contributed by atoms with Crippen molar-refractivity contribution in [3.8, 4) is 0 Å². The third-order valence-electron chi connectivity index (χ3n) is 3.31. The molecule has 0 aliphatic heterocycles. The van der Waals surface area contributed by atoms with Crippen LogP contribution in [-0.2, 0) is 5.75 Å². The number of aliphatic hydroxyl groups excluding tert-OH is 1. The second-order valence-corrected chi connectivity index (χ2v) is 7.28. The lowest BCUT2D eigenvalue weighted by Gasteiger charge is -2.27. The van der Waals surface area contributed by atoms with E-state index in [4.69, 9.17) is 0 Å².